The van der Waals surface area contributed by atoms with Gasteiger partial charge in [-0.15, -0.1) is 0 Å². The smallest absolute Gasteiger partial charge is 0.472 e. The van der Waals surface area contributed by atoms with E-state index in [1.54, 1.807) is 9.80 Å². The minimum Gasteiger partial charge on any atom is -0.480 e. The average Bonchev–Trinajstić information content (AvgIpc) is 3.18. The Kier molecular flexibility index (Phi) is 25.7. The number of aliphatic carboxylic acids is 3. The minimum absolute atomic E-state index is 0.173. The number of hydrogen-bond donors (Lipinski definition) is 4. The Hall–Kier alpha value is -2.42. The molecule has 328 valence electrons. The largest absolute Gasteiger partial charge is 0.480 e. The van der Waals surface area contributed by atoms with E-state index in [1.807, 2.05) is 26.0 Å². The van der Waals surface area contributed by atoms with E-state index in [4.69, 9.17) is 9.05 Å². The highest BCUT2D eigenvalue weighted by atomic mass is 31.2. The van der Waals surface area contributed by atoms with Gasteiger partial charge in [0.2, 0.25) is 0 Å². The van der Waals surface area contributed by atoms with E-state index in [1.165, 1.54) is 82.6 Å². The number of phosphoric acid groups is 1. The molecular formula is C42H76N4O10P+. The molecule has 15 heteroatoms. The summed E-state index contributed by atoms with van der Waals surface area (Å²) >= 11 is 0. The summed E-state index contributed by atoms with van der Waals surface area (Å²) in [7, 11) is 2.07. The maximum atomic E-state index is 11.9. The van der Waals surface area contributed by atoms with Crippen LogP contribution in [0, 0.1) is 0 Å². The first-order valence-corrected chi connectivity index (χ1v) is 23.0. The highest BCUT2D eigenvalue weighted by Crippen LogP contribution is 2.43. The van der Waals surface area contributed by atoms with Crippen LogP contribution in [0.5, 0.6) is 0 Å². The molecule has 2 rings (SSSR count). The van der Waals surface area contributed by atoms with Crippen LogP contribution in [-0.2, 0) is 40.8 Å². The summed E-state index contributed by atoms with van der Waals surface area (Å²) < 4.78 is 22.7. The van der Waals surface area contributed by atoms with Gasteiger partial charge in [-0.2, -0.15) is 0 Å². The van der Waals surface area contributed by atoms with Crippen molar-refractivity contribution in [2.45, 2.75) is 122 Å². The number of nitrogens with zero attached hydrogens (tertiary/aromatic N) is 4. The van der Waals surface area contributed by atoms with Crippen LogP contribution in [0.15, 0.2) is 24.3 Å². The van der Waals surface area contributed by atoms with Gasteiger partial charge in [0.05, 0.1) is 47.4 Å². The van der Waals surface area contributed by atoms with Gasteiger partial charge in [0.15, 0.2) is 0 Å². The normalized spacial score (nSPS) is 17.4. The molecule has 1 aliphatic heterocycles. The second-order valence-corrected chi connectivity index (χ2v) is 18.3. The van der Waals surface area contributed by atoms with Gasteiger partial charge in [-0.25, -0.2) is 4.57 Å². The molecule has 1 aliphatic rings. The van der Waals surface area contributed by atoms with Crippen molar-refractivity contribution in [3.8, 4) is 0 Å². The molecule has 1 aromatic rings. The van der Waals surface area contributed by atoms with Crippen LogP contribution in [0.4, 0.5) is 0 Å². The number of carbonyl (C=O) groups is 3. The third-order valence-electron chi connectivity index (χ3n) is 10.6. The highest BCUT2D eigenvalue weighted by Gasteiger charge is 2.28. The number of carboxylic acids is 3. The fourth-order valence-electron chi connectivity index (χ4n) is 7.28. The SMILES string of the molecule is C[N+](C)(C)CCOP(=O)(O)OCCCCCCCCCCCCCCCCCCc1ccc(CC2CN(CC(=O)O)CCN(CC(=O)O)CCN2CC(=O)O)cc1. The summed E-state index contributed by atoms with van der Waals surface area (Å²) in [4.78, 5) is 49.9. The van der Waals surface area contributed by atoms with Gasteiger partial charge in [0.1, 0.15) is 13.2 Å². The van der Waals surface area contributed by atoms with Crippen LogP contribution in [0.25, 0.3) is 0 Å². The zero-order chi connectivity index (χ0) is 41.9. The standard InChI is InChI=1S/C42H75N4O10P/c1-46(2,3)29-31-56-57(53,54)55-30-19-17-15-13-11-9-7-5-4-6-8-10-12-14-16-18-20-37-21-23-38(24-22-37)32-39-33-44(35-41(49)50)26-25-43(34-40(47)48)27-28-45(39)36-42(51)52/h21-24,39H,4-20,25-36H2,1-3H3,(H3-,47,48,49,50,51,52,53,54)/p+1. The Morgan fingerprint density at radius 1 is 0.614 bits per heavy atom. The molecule has 0 amide bonds. The predicted octanol–water partition coefficient (Wildman–Crippen LogP) is 6.40. The zero-order valence-electron chi connectivity index (χ0n) is 35.4. The van der Waals surface area contributed by atoms with Crippen LogP contribution in [0.2, 0.25) is 0 Å². The van der Waals surface area contributed by atoms with E-state index in [0.29, 0.717) is 50.2 Å². The monoisotopic (exact) mass is 828 g/mol. The topological polar surface area (TPSA) is 177 Å². The predicted molar refractivity (Wildman–Crippen MR) is 223 cm³/mol. The van der Waals surface area contributed by atoms with Gasteiger partial charge in [-0.05, 0) is 36.8 Å². The van der Waals surface area contributed by atoms with Gasteiger partial charge in [-0.3, -0.25) is 38.1 Å². The molecule has 2 unspecified atom stereocenters. The molecule has 14 nitrogen and oxygen atoms in total. The van der Waals surface area contributed by atoms with Gasteiger partial charge < -0.3 is 24.7 Å². The molecule has 2 atom stereocenters. The fourth-order valence-corrected chi connectivity index (χ4v) is 8.03. The number of carboxylic acid groups (broad SMARTS) is 3. The van der Waals surface area contributed by atoms with Crippen molar-refractivity contribution in [1.29, 1.82) is 0 Å². The molecule has 0 aromatic heterocycles. The summed E-state index contributed by atoms with van der Waals surface area (Å²) in [6.45, 7) is 2.52. The second kappa shape index (κ2) is 28.9. The number of hydrogen-bond acceptors (Lipinski definition) is 9. The summed E-state index contributed by atoms with van der Waals surface area (Å²) in [5.74, 6) is -2.90. The lowest BCUT2D eigenvalue weighted by molar-refractivity contribution is -0.870. The van der Waals surface area contributed by atoms with Crippen LogP contribution < -0.4 is 0 Å². The lowest BCUT2D eigenvalue weighted by atomic mass is 9.99. The fraction of sp³-hybridized carbons (Fsp3) is 0.786. The van der Waals surface area contributed by atoms with E-state index < -0.39 is 25.7 Å². The third-order valence-corrected chi connectivity index (χ3v) is 11.6. The first-order valence-electron chi connectivity index (χ1n) is 21.5. The third kappa shape index (κ3) is 27.1. The summed E-state index contributed by atoms with van der Waals surface area (Å²) in [6.07, 6.45) is 21.0. The van der Waals surface area contributed by atoms with Gasteiger partial charge in [0, 0.05) is 38.8 Å². The maximum Gasteiger partial charge on any atom is 0.472 e. The van der Waals surface area contributed by atoms with E-state index in [-0.39, 0.29) is 38.9 Å². The van der Waals surface area contributed by atoms with Crippen LogP contribution >= 0.6 is 7.82 Å². The Morgan fingerprint density at radius 3 is 1.54 bits per heavy atom. The molecule has 1 heterocycles. The molecule has 57 heavy (non-hydrogen) atoms. The molecule has 1 aromatic carbocycles. The van der Waals surface area contributed by atoms with Crippen LogP contribution in [-0.4, -0.2) is 157 Å². The van der Waals surface area contributed by atoms with E-state index >= 15 is 0 Å². The summed E-state index contributed by atoms with van der Waals surface area (Å²) in [5, 5.41) is 28.5. The first-order chi connectivity index (χ1) is 27.1. The Labute approximate surface area is 342 Å². The minimum atomic E-state index is -3.94. The average molecular weight is 828 g/mol. The number of unbranched alkanes of at least 4 members (excludes halogenated alkanes) is 15. The Morgan fingerprint density at radius 2 is 1.04 bits per heavy atom. The molecule has 1 saturated heterocycles. The van der Waals surface area contributed by atoms with E-state index in [9.17, 15) is 39.2 Å². The van der Waals surface area contributed by atoms with Crippen LogP contribution in [0.1, 0.15) is 114 Å². The quantitative estimate of drug-likeness (QED) is 0.0357. The van der Waals surface area contributed by atoms with E-state index in [2.05, 4.69) is 24.3 Å². The lowest BCUT2D eigenvalue weighted by Gasteiger charge is -2.33. The molecule has 1 fully saturated rings. The van der Waals surface area contributed by atoms with E-state index in [0.717, 1.165) is 37.7 Å². The van der Waals surface area contributed by atoms with Crippen molar-refractivity contribution in [1.82, 2.24) is 14.7 Å². The Bertz CT molecular complexity index is 1310. The number of aryl methyl sites for hydroxylation is 1. The van der Waals surface area contributed by atoms with Crippen molar-refractivity contribution >= 4 is 25.7 Å². The van der Waals surface area contributed by atoms with Gasteiger partial charge >= 0.3 is 25.7 Å². The number of rotatable bonds is 32. The number of benzene rings is 1. The number of likely N-dealkylation sites (N-methyl/N-ethyl adjacent to an activating group) is 1. The van der Waals surface area contributed by atoms with Crippen molar-refractivity contribution < 1.29 is 52.7 Å². The molecule has 0 spiro atoms. The van der Waals surface area contributed by atoms with Crippen molar-refractivity contribution in [2.24, 2.45) is 0 Å². The number of phosphoric ester groups is 1. The highest BCUT2D eigenvalue weighted by molar-refractivity contribution is 7.47. The van der Waals surface area contributed by atoms with Crippen LogP contribution in [0.3, 0.4) is 0 Å². The van der Waals surface area contributed by atoms with Crippen molar-refractivity contribution in [3.63, 3.8) is 0 Å². The second-order valence-electron chi connectivity index (χ2n) is 16.9. The summed E-state index contributed by atoms with van der Waals surface area (Å²) in [5.41, 5.74) is 2.35. The molecule has 0 saturated carbocycles. The van der Waals surface area contributed by atoms with Gasteiger partial charge in [-0.1, -0.05) is 114 Å². The lowest BCUT2D eigenvalue weighted by Crippen LogP contribution is -2.49. The summed E-state index contributed by atoms with van der Waals surface area (Å²) in [6, 6.07) is 8.28. The first kappa shape index (κ1) is 50.7. The Balaban J connectivity index is 1.54. The number of quaternary nitrogens is 1. The van der Waals surface area contributed by atoms with Gasteiger partial charge in [0.25, 0.3) is 0 Å². The molecular weight excluding hydrogens is 751 g/mol. The molecule has 0 bridgehead atoms. The van der Waals surface area contributed by atoms with Crippen molar-refractivity contribution in [3.05, 3.63) is 35.4 Å². The zero-order valence-corrected chi connectivity index (χ0v) is 36.3. The molecule has 0 radical (unpaired) electrons. The maximum absolute atomic E-state index is 11.9. The van der Waals surface area contributed by atoms with Crippen molar-refractivity contribution in [2.75, 3.05) is 93.3 Å². The molecule has 4 N–H and O–H groups in total. The molecule has 0 aliphatic carbocycles.